The molecule has 0 saturated carbocycles. The largest absolute Gasteiger partial charge is 0.459 e. The van der Waals surface area contributed by atoms with E-state index >= 15 is 0 Å². The molecule has 0 fully saturated rings. The van der Waals surface area contributed by atoms with E-state index in [2.05, 4.69) is 34.8 Å². The second-order valence-electron chi connectivity index (χ2n) is 6.12. The van der Waals surface area contributed by atoms with E-state index in [9.17, 15) is 4.79 Å². The summed E-state index contributed by atoms with van der Waals surface area (Å²) in [4.78, 5) is 16.3. The van der Waals surface area contributed by atoms with Crippen LogP contribution in [-0.4, -0.2) is 25.5 Å². The van der Waals surface area contributed by atoms with Gasteiger partial charge in [0, 0.05) is 25.8 Å². The molecule has 0 aliphatic carbocycles. The number of guanidine groups is 1. The van der Waals surface area contributed by atoms with Gasteiger partial charge in [0.1, 0.15) is 0 Å². The molecule has 0 atom stereocenters. The minimum absolute atomic E-state index is 0. The minimum Gasteiger partial charge on any atom is -0.459 e. The molecule has 1 amide bonds. The number of benzene rings is 1. The minimum atomic E-state index is -0.261. The summed E-state index contributed by atoms with van der Waals surface area (Å²) in [6.45, 7) is 5.93. The van der Waals surface area contributed by atoms with E-state index in [0.29, 0.717) is 18.2 Å². The fraction of sp³-hybridized carbons (Fsp3) is 0.400. The highest BCUT2D eigenvalue weighted by atomic mass is 127. The van der Waals surface area contributed by atoms with Crippen molar-refractivity contribution in [1.29, 1.82) is 0 Å². The second-order valence-corrected chi connectivity index (χ2v) is 6.12. The SMILES string of the molecule is CCC(CC)CNC(=NC)NCc1cccc(NC(=O)c2ccco2)c1.I. The number of carbonyl (C=O) groups excluding carboxylic acids is 1. The Bertz CT molecular complexity index is 713. The number of nitrogens with one attached hydrogen (secondary N) is 3. The lowest BCUT2D eigenvalue weighted by molar-refractivity contribution is 0.0996. The molecule has 0 aliphatic rings. The zero-order valence-corrected chi connectivity index (χ0v) is 18.4. The Morgan fingerprint density at radius 3 is 2.56 bits per heavy atom. The van der Waals surface area contributed by atoms with E-state index in [1.165, 1.54) is 6.26 Å². The van der Waals surface area contributed by atoms with Gasteiger partial charge in [0.2, 0.25) is 0 Å². The molecular formula is C20H29IN4O2. The Morgan fingerprint density at radius 2 is 1.93 bits per heavy atom. The van der Waals surface area contributed by atoms with Crippen molar-refractivity contribution >= 4 is 41.5 Å². The number of halogens is 1. The molecule has 0 spiro atoms. The van der Waals surface area contributed by atoms with Crippen LogP contribution in [0.3, 0.4) is 0 Å². The van der Waals surface area contributed by atoms with Crippen molar-refractivity contribution in [2.45, 2.75) is 33.2 Å². The zero-order valence-electron chi connectivity index (χ0n) is 16.1. The summed E-state index contributed by atoms with van der Waals surface area (Å²) < 4.78 is 5.11. The second kappa shape index (κ2) is 12.4. The van der Waals surface area contributed by atoms with Crippen molar-refractivity contribution in [2.75, 3.05) is 18.9 Å². The molecule has 1 aromatic heterocycles. The van der Waals surface area contributed by atoms with Crippen molar-refractivity contribution in [3.8, 4) is 0 Å². The third-order valence-corrected chi connectivity index (χ3v) is 4.33. The van der Waals surface area contributed by atoms with E-state index in [-0.39, 0.29) is 29.9 Å². The summed E-state index contributed by atoms with van der Waals surface area (Å²) in [7, 11) is 1.77. The molecule has 3 N–H and O–H groups in total. The number of anilines is 1. The predicted octanol–water partition coefficient (Wildman–Crippen LogP) is 4.25. The fourth-order valence-electron chi connectivity index (χ4n) is 2.58. The van der Waals surface area contributed by atoms with Gasteiger partial charge in [-0.1, -0.05) is 38.8 Å². The molecule has 2 aromatic rings. The molecule has 148 valence electrons. The molecule has 6 nitrogen and oxygen atoms in total. The van der Waals surface area contributed by atoms with Gasteiger partial charge in [-0.05, 0) is 35.7 Å². The summed E-state index contributed by atoms with van der Waals surface area (Å²) in [5, 5.41) is 9.50. The molecule has 0 radical (unpaired) electrons. The van der Waals surface area contributed by atoms with Gasteiger partial charge in [-0.15, -0.1) is 24.0 Å². The van der Waals surface area contributed by atoms with E-state index in [1.807, 2.05) is 24.3 Å². The van der Waals surface area contributed by atoms with Crippen LogP contribution < -0.4 is 16.0 Å². The smallest absolute Gasteiger partial charge is 0.291 e. The van der Waals surface area contributed by atoms with Crippen LogP contribution in [0, 0.1) is 5.92 Å². The number of amides is 1. The highest BCUT2D eigenvalue weighted by Crippen LogP contribution is 2.12. The van der Waals surface area contributed by atoms with Crippen LogP contribution in [0.15, 0.2) is 52.1 Å². The lowest BCUT2D eigenvalue weighted by Gasteiger charge is -2.17. The van der Waals surface area contributed by atoms with Gasteiger partial charge < -0.3 is 20.4 Å². The van der Waals surface area contributed by atoms with Crippen molar-refractivity contribution in [1.82, 2.24) is 10.6 Å². The summed E-state index contributed by atoms with van der Waals surface area (Å²) in [5.74, 6) is 1.46. The van der Waals surface area contributed by atoms with E-state index in [0.717, 1.165) is 36.6 Å². The number of rotatable bonds is 8. The van der Waals surface area contributed by atoms with E-state index in [4.69, 9.17) is 4.42 Å². The van der Waals surface area contributed by atoms with Crippen molar-refractivity contribution in [3.63, 3.8) is 0 Å². The molecular weight excluding hydrogens is 455 g/mol. The predicted molar refractivity (Wildman–Crippen MR) is 121 cm³/mol. The highest BCUT2D eigenvalue weighted by Gasteiger charge is 2.09. The average molecular weight is 484 g/mol. The van der Waals surface area contributed by atoms with Crippen LogP contribution in [0.1, 0.15) is 42.8 Å². The number of hydrogen-bond acceptors (Lipinski definition) is 3. The van der Waals surface area contributed by atoms with Crippen LogP contribution in [0.4, 0.5) is 5.69 Å². The van der Waals surface area contributed by atoms with Gasteiger partial charge in [0.05, 0.1) is 6.26 Å². The Balaban J connectivity index is 0.00000364. The molecule has 0 aliphatic heterocycles. The summed E-state index contributed by atoms with van der Waals surface area (Å²) in [5.41, 5.74) is 1.78. The van der Waals surface area contributed by atoms with Gasteiger partial charge in [-0.3, -0.25) is 9.79 Å². The van der Waals surface area contributed by atoms with Crippen LogP contribution in [-0.2, 0) is 6.54 Å². The third-order valence-electron chi connectivity index (χ3n) is 4.33. The van der Waals surface area contributed by atoms with Gasteiger partial charge in [-0.25, -0.2) is 0 Å². The molecule has 0 unspecified atom stereocenters. The van der Waals surface area contributed by atoms with E-state index in [1.54, 1.807) is 19.2 Å². The number of carbonyl (C=O) groups is 1. The first kappa shape index (κ1) is 23.0. The number of hydrogen-bond donors (Lipinski definition) is 3. The van der Waals surface area contributed by atoms with E-state index < -0.39 is 0 Å². The standard InChI is InChI=1S/C20H28N4O2.HI/c1-4-15(5-2)13-22-20(21-3)23-14-16-8-6-9-17(12-16)24-19(25)18-10-7-11-26-18;/h6-12,15H,4-5,13-14H2,1-3H3,(H,24,25)(H2,21,22,23);1H. The van der Waals surface area contributed by atoms with Gasteiger partial charge >= 0.3 is 0 Å². The highest BCUT2D eigenvalue weighted by molar-refractivity contribution is 14.0. The average Bonchev–Trinajstić information content (AvgIpc) is 3.20. The lowest BCUT2D eigenvalue weighted by Crippen LogP contribution is -2.39. The number of furan rings is 1. The Kier molecular flexibility index (Phi) is 10.5. The lowest BCUT2D eigenvalue weighted by atomic mass is 10.0. The Labute approximate surface area is 178 Å². The molecule has 27 heavy (non-hydrogen) atoms. The quantitative estimate of drug-likeness (QED) is 0.298. The van der Waals surface area contributed by atoms with Crippen molar-refractivity contribution < 1.29 is 9.21 Å². The third kappa shape index (κ3) is 7.62. The maximum absolute atomic E-state index is 12.1. The van der Waals surface area contributed by atoms with Gasteiger partial charge in [0.15, 0.2) is 11.7 Å². The van der Waals surface area contributed by atoms with Crippen LogP contribution >= 0.6 is 24.0 Å². The summed E-state index contributed by atoms with van der Waals surface area (Å²) >= 11 is 0. The summed E-state index contributed by atoms with van der Waals surface area (Å²) in [6.07, 6.45) is 3.78. The maximum atomic E-state index is 12.1. The Morgan fingerprint density at radius 1 is 1.15 bits per heavy atom. The topological polar surface area (TPSA) is 78.7 Å². The molecule has 0 bridgehead atoms. The first-order chi connectivity index (χ1) is 12.7. The normalized spacial score (nSPS) is 11.0. The molecule has 2 rings (SSSR count). The first-order valence-electron chi connectivity index (χ1n) is 9.04. The Hall–Kier alpha value is -2.03. The van der Waals surface area contributed by atoms with Crippen molar-refractivity contribution in [2.24, 2.45) is 10.9 Å². The molecule has 1 heterocycles. The first-order valence-corrected chi connectivity index (χ1v) is 9.04. The number of nitrogens with zero attached hydrogens (tertiary/aromatic N) is 1. The summed E-state index contributed by atoms with van der Waals surface area (Å²) in [6, 6.07) is 11.0. The van der Waals surface area contributed by atoms with Crippen molar-refractivity contribution in [3.05, 3.63) is 54.0 Å². The maximum Gasteiger partial charge on any atom is 0.291 e. The molecule has 1 aromatic carbocycles. The van der Waals surface area contributed by atoms with Gasteiger partial charge in [0.25, 0.3) is 5.91 Å². The van der Waals surface area contributed by atoms with Crippen LogP contribution in [0.2, 0.25) is 0 Å². The zero-order chi connectivity index (χ0) is 18.8. The fourth-order valence-corrected chi connectivity index (χ4v) is 2.58. The molecule has 7 heteroatoms. The molecule has 0 saturated heterocycles. The monoisotopic (exact) mass is 484 g/mol. The van der Waals surface area contributed by atoms with Crippen LogP contribution in [0.25, 0.3) is 0 Å². The van der Waals surface area contributed by atoms with Gasteiger partial charge in [-0.2, -0.15) is 0 Å². The number of aliphatic imine (C=N–C) groups is 1. The van der Waals surface area contributed by atoms with Crippen LogP contribution in [0.5, 0.6) is 0 Å².